The highest BCUT2D eigenvalue weighted by atomic mass is 16.1. The minimum Gasteiger partial charge on any atom is -0.349 e. The van der Waals surface area contributed by atoms with Gasteiger partial charge in [0.15, 0.2) is 0 Å². The Morgan fingerprint density at radius 2 is 1.81 bits per heavy atom. The lowest BCUT2D eigenvalue weighted by molar-refractivity contribution is -0.121. The summed E-state index contributed by atoms with van der Waals surface area (Å²) in [5.41, 5.74) is 3.14. The number of nitrogens with zero attached hydrogens (tertiary/aromatic N) is 2. The molecule has 0 bridgehead atoms. The van der Waals surface area contributed by atoms with Crippen LogP contribution in [0, 0.1) is 0 Å². The van der Waals surface area contributed by atoms with E-state index in [1.165, 1.54) is 5.39 Å². The van der Waals surface area contributed by atoms with Gasteiger partial charge < -0.3 is 9.88 Å². The van der Waals surface area contributed by atoms with E-state index in [0.717, 1.165) is 22.2 Å². The van der Waals surface area contributed by atoms with Gasteiger partial charge in [-0.1, -0.05) is 54.6 Å². The normalized spacial score (nSPS) is 12.0. The van der Waals surface area contributed by atoms with Gasteiger partial charge in [-0.25, -0.2) is 4.98 Å². The van der Waals surface area contributed by atoms with Crippen molar-refractivity contribution in [1.29, 1.82) is 0 Å². The fourth-order valence-corrected chi connectivity index (χ4v) is 3.26. The number of rotatable bonds is 5. The number of carbonyl (C=O) groups is 1. The molecule has 1 amide bonds. The van der Waals surface area contributed by atoms with Crippen molar-refractivity contribution < 1.29 is 4.79 Å². The van der Waals surface area contributed by atoms with Crippen LogP contribution in [-0.2, 0) is 11.2 Å². The van der Waals surface area contributed by atoms with Gasteiger partial charge in [0.05, 0.1) is 18.8 Å². The molecule has 0 saturated heterocycles. The first-order chi connectivity index (χ1) is 13.2. The lowest BCUT2D eigenvalue weighted by atomic mass is 10.0. The quantitative estimate of drug-likeness (QED) is 0.575. The van der Waals surface area contributed by atoms with Crippen LogP contribution >= 0.6 is 0 Å². The molecule has 0 radical (unpaired) electrons. The topological polar surface area (TPSA) is 46.9 Å². The molecule has 134 valence electrons. The van der Waals surface area contributed by atoms with Crippen molar-refractivity contribution in [3.63, 3.8) is 0 Å². The number of amides is 1. The average Bonchev–Trinajstić information content (AvgIpc) is 3.23. The molecule has 0 aliphatic carbocycles. The molecule has 1 unspecified atom stereocenters. The van der Waals surface area contributed by atoms with Crippen LogP contribution in [0.5, 0.6) is 0 Å². The van der Waals surface area contributed by atoms with Crippen molar-refractivity contribution in [3.05, 3.63) is 96.6 Å². The van der Waals surface area contributed by atoms with E-state index in [4.69, 9.17) is 0 Å². The van der Waals surface area contributed by atoms with E-state index in [0.29, 0.717) is 6.42 Å². The van der Waals surface area contributed by atoms with Crippen molar-refractivity contribution in [3.8, 4) is 5.69 Å². The van der Waals surface area contributed by atoms with Crippen molar-refractivity contribution in [1.82, 2.24) is 14.9 Å². The molecule has 1 aromatic heterocycles. The van der Waals surface area contributed by atoms with Crippen LogP contribution in [-0.4, -0.2) is 15.5 Å². The summed E-state index contributed by atoms with van der Waals surface area (Å²) >= 11 is 0. The second-order valence-electron chi connectivity index (χ2n) is 6.71. The number of hydrogen-bond acceptors (Lipinski definition) is 2. The first-order valence-electron chi connectivity index (χ1n) is 9.04. The largest absolute Gasteiger partial charge is 0.349 e. The van der Waals surface area contributed by atoms with E-state index >= 15 is 0 Å². The Hall–Kier alpha value is -3.40. The van der Waals surface area contributed by atoms with Gasteiger partial charge in [0, 0.05) is 18.1 Å². The van der Waals surface area contributed by atoms with Crippen LogP contribution in [0.25, 0.3) is 16.5 Å². The van der Waals surface area contributed by atoms with E-state index in [1.54, 1.807) is 12.5 Å². The zero-order valence-electron chi connectivity index (χ0n) is 15.2. The second kappa shape index (κ2) is 7.46. The van der Waals surface area contributed by atoms with Crippen LogP contribution in [0.4, 0.5) is 0 Å². The molecule has 1 N–H and O–H groups in total. The van der Waals surface area contributed by atoms with E-state index in [1.807, 2.05) is 60.2 Å². The Balaban J connectivity index is 1.41. The molecule has 0 spiro atoms. The lowest BCUT2D eigenvalue weighted by Crippen LogP contribution is -2.28. The van der Waals surface area contributed by atoms with E-state index in [-0.39, 0.29) is 11.9 Å². The summed E-state index contributed by atoms with van der Waals surface area (Å²) in [5, 5.41) is 5.44. The fraction of sp³-hybridized carbons (Fsp3) is 0.130. The molecule has 1 atom stereocenters. The summed E-state index contributed by atoms with van der Waals surface area (Å²) in [4.78, 5) is 16.5. The van der Waals surface area contributed by atoms with Gasteiger partial charge in [0.25, 0.3) is 0 Å². The predicted molar refractivity (Wildman–Crippen MR) is 108 cm³/mol. The number of fused-ring (bicyclic) bond motifs is 1. The standard InChI is InChI=1S/C23H21N3O/c1-17(19-8-10-22(11-9-19)26-13-12-24-16-26)25-23(27)15-18-6-7-20-4-2-3-5-21(20)14-18/h2-14,16-17H,15H2,1H3,(H,25,27). The van der Waals surface area contributed by atoms with Gasteiger partial charge >= 0.3 is 0 Å². The molecule has 0 saturated carbocycles. The highest BCUT2D eigenvalue weighted by Gasteiger charge is 2.11. The van der Waals surface area contributed by atoms with Crippen LogP contribution in [0.15, 0.2) is 85.5 Å². The lowest BCUT2D eigenvalue weighted by Gasteiger charge is -2.15. The maximum atomic E-state index is 12.5. The van der Waals surface area contributed by atoms with Crippen LogP contribution in [0.3, 0.4) is 0 Å². The fourth-order valence-electron chi connectivity index (χ4n) is 3.26. The van der Waals surface area contributed by atoms with Gasteiger partial charge in [0.2, 0.25) is 5.91 Å². The minimum absolute atomic E-state index is 0.0245. The number of benzene rings is 3. The highest BCUT2D eigenvalue weighted by Crippen LogP contribution is 2.18. The maximum absolute atomic E-state index is 12.5. The summed E-state index contributed by atoms with van der Waals surface area (Å²) in [5.74, 6) is 0.0245. The number of imidazole rings is 1. The molecular weight excluding hydrogens is 334 g/mol. The van der Waals surface area contributed by atoms with E-state index in [2.05, 4.69) is 34.6 Å². The number of aromatic nitrogens is 2. The van der Waals surface area contributed by atoms with Crippen molar-refractivity contribution in [2.24, 2.45) is 0 Å². The van der Waals surface area contributed by atoms with Gasteiger partial charge in [-0.2, -0.15) is 0 Å². The monoisotopic (exact) mass is 355 g/mol. The van der Waals surface area contributed by atoms with Crippen LogP contribution < -0.4 is 5.32 Å². The molecule has 4 rings (SSSR count). The Morgan fingerprint density at radius 1 is 1.04 bits per heavy atom. The van der Waals surface area contributed by atoms with Gasteiger partial charge in [-0.05, 0) is 41.0 Å². The van der Waals surface area contributed by atoms with Crippen molar-refractivity contribution >= 4 is 16.7 Å². The number of hydrogen-bond donors (Lipinski definition) is 1. The summed E-state index contributed by atoms with van der Waals surface area (Å²) in [6, 6.07) is 22.4. The molecule has 1 heterocycles. The minimum atomic E-state index is -0.0465. The van der Waals surface area contributed by atoms with Crippen molar-refractivity contribution in [2.75, 3.05) is 0 Å². The van der Waals surface area contributed by atoms with Crippen molar-refractivity contribution in [2.45, 2.75) is 19.4 Å². The third kappa shape index (κ3) is 3.90. The van der Waals surface area contributed by atoms with Gasteiger partial charge in [-0.3, -0.25) is 4.79 Å². The van der Waals surface area contributed by atoms with Gasteiger partial charge in [-0.15, -0.1) is 0 Å². The number of carbonyl (C=O) groups excluding carboxylic acids is 1. The third-order valence-corrected chi connectivity index (χ3v) is 4.75. The second-order valence-corrected chi connectivity index (χ2v) is 6.71. The zero-order valence-corrected chi connectivity index (χ0v) is 15.2. The molecule has 4 heteroatoms. The molecular formula is C23H21N3O. The van der Waals surface area contributed by atoms with Crippen LogP contribution in [0.1, 0.15) is 24.1 Å². The summed E-state index contributed by atoms with van der Waals surface area (Å²) in [6.07, 6.45) is 5.80. The molecule has 27 heavy (non-hydrogen) atoms. The molecule has 4 nitrogen and oxygen atoms in total. The Bertz CT molecular complexity index is 1050. The van der Waals surface area contributed by atoms with E-state index in [9.17, 15) is 4.79 Å². The highest BCUT2D eigenvalue weighted by molar-refractivity contribution is 5.85. The Morgan fingerprint density at radius 3 is 2.56 bits per heavy atom. The summed E-state index contributed by atoms with van der Waals surface area (Å²) < 4.78 is 1.95. The zero-order chi connectivity index (χ0) is 18.6. The Kier molecular flexibility index (Phi) is 4.71. The first kappa shape index (κ1) is 17.0. The van der Waals surface area contributed by atoms with E-state index < -0.39 is 0 Å². The molecule has 3 aromatic carbocycles. The average molecular weight is 355 g/mol. The number of nitrogens with one attached hydrogen (secondary N) is 1. The smallest absolute Gasteiger partial charge is 0.224 e. The molecule has 0 fully saturated rings. The van der Waals surface area contributed by atoms with Crippen LogP contribution in [0.2, 0.25) is 0 Å². The summed E-state index contributed by atoms with van der Waals surface area (Å²) in [7, 11) is 0. The predicted octanol–water partition coefficient (Wildman–Crippen LogP) is 4.45. The first-order valence-corrected chi connectivity index (χ1v) is 9.04. The van der Waals surface area contributed by atoms with Gasteiger partial charge in [0.1, 0.15) is 0 Å². The SMILES string of the molecule is CC(NC(=O)Cc1ccc2ccccc2c1)c1ccc(-n2ccnc2)cc1. The molecule has 4 aromatic rings. The molecule has 0 aliphatic heterocycles. The molecule has 0 aliphatic rings. The maximum Gasteiger partial charge on any atom is 0.224 e. The Labute approximate surface area is 158 Å². The summed E-state index contributed by atoms with van der Waals surface area (Å²) in [6.45, 7) is 2.00. The third-order valence-electron chi connectivity index (χ3n) is 4.75.